The van der Waals surface area contributed by atoms with Crippen LogP contribution in [0.3, 0.4) is 0 Å². The maximum atomic E-state index is 11.8. The van der Waals surface area contributed by atoms with E-state index in [2.05, 4.69) is 5.32 Å². The van der Waals surface area contributed by atoms with Gasteiger partial charge in [0.25, 0.3) is 0 Å². The minimum atomic E-state index is -0.179. The fourth-order valence-electron chi connectivity index (χ4n) is 1.93. The highest BCUT2D eigenvalue weighted by atomic mass is 16.5. The van der Waals surface area contributed by atoms with E-state index >= 15 is 0 Å². The fourth-order valence-corrected chi connectivity index (χ4v) is 1.93. The molecule has 122 valence electrons. The van der Waals surface area contributed by atoms with Crippen molar-refractivity contribution in [2.24, 2.45) is 0 Å². The van der Waals surface area contributed by atoms with Crippen molar-refractivity contribution in [3.63, 3.8) is 0 Å². The third kappa shape index (κ3) is 6.58. The standard InChI is InChI=1S/C16H24N2O4/c1-13(19)18(12-16(20)17-9-11-21-2)10-8-14-4-6-15(22-3)7-5-14/h4-7H,8-12H2,1-3H3,(H,17,20). The van der Waals surface area contributed by atoms with Crippen molar-refractivity contribution in [3.8, 4) is 5.75 Å². The van der Waals surface area contributed by atoms with Crippen LogP contribution in [-0.4, -0.2) is 57.2 Å². The minimum absolute atomic E-state index is 0.0647. The second-order valence-electron chi connectivity index (χ2n) is 4.88. The van der Waals surface area contributed by atoms with Crippen LogP contribution < -0.4 is 10.1 Å². The van der Waals surface area contributed by atoms with Gasteiger partial charge in [0.15, 0.2) is 0 Å². The van der Waals surface area contributed by atoms with Gasteiger partial charge in [0, 0.05) is 27.1 Å². The molecule has 0 aliphatic heterocycles. The van der Waals surface area contributed by atoms with Gasteiger partial charge in [-0.05, 0) is 24.1 Å². The van der Waals surface area contributed by atoms with Crippen LogP contribution in [0.1, 0.15) is 12.5 Å². The first-order valence-corrected chi connectivity index (χ1v) is 7.21. The lowest BCUT2D eigenvalue weighted by Crippen LogP contribution is -2.41. The summed E-state index contributed by atoms with van der Waals surface area (Å²) in [7, 11) is 3.19. The Morgan fingerprint density at radius 2 is 1.86 bits per heavy atom. The van der Waals surface area contributed by atoms with Crippen LogP contribution in [-0.2, 0) is 20.7 Å². The fraction of sp³-hybridized carbons (Fsp3) is 0.500. The molecule has 1 aromatic carbocycles. The van der Waals surface area contributed by atoms with E-state index in [1.807, 2.05) is 24.3 Å². The highest BCUT2D eigenvalue weighted by Gasteiger charge is 2.13. The first kappa shape index (κ1) is 18.0. The van der Waals surface area contributed by atoms with Crippen molar-refractivity contribution < 1.29 is 19.1 Å². The molecule has 0 radical (unpaired) electrons. The summed E-state index contributed by atoms with van der Waals surface area (Å²) >= 11 is 0. The number of hydrogen-bond donors (Lipinski definition) is 1. The summed E-state index contributed by atoms with van der Waals surface area (Å²) in [6.07, 6.45) is 0.689. The van der Waals surface area contributed by atoms with Gasteiger partial charge in [-0.2, -0.15) is 0 Å². The molecule has 1 rings (SSSR count). The average Bonchev–Trinajstić information content (AvgIpc) is 2.52. The zero-order chi connectivity index (χ0) is 16.4. The van der Waals surface area contributed by atoms with Crippen LogP contribution in [0.2, 0.25) is 0 Å². The number of nitrogens with one attached hydrogen (secondary N) is 1. The van der Waals surface area contributed by atoms with Crippen molar-refractivity contribution in [2.75, 3.05) is 40.5 Å². The van der Waals surface area contributed by atoms with Crippen LogP contribution in [0.5, 0.6) is 5.75 Å². The molecule has 0 heterocycles. The summed E-state index contributed by atoms with van der Waals surface area (Å²) in [5.41, 5.74) is 1.09. The molecular formula is C16H24N2O4. The SMILES string of the molecule is COCCNC(=O)CN(CCc1ccc(OC)cc1)C(C)=O. The van der Waals surface area contributed by atoms with Crippen molar-refractivity contribution >= 4 is 11.8 Å². The molecule has 6 nitrogen and oxygen atoms in total. The molecule has 6 heteroatoms. The molecule has 0 unspecified atom stereocenters. The summed E-state index contributed by atoms with van der Waals surface area (Å²) in [5.74, 6) is 0.502. The molecular weight excluding hydrogens is 284 g/mol. The zero-order valence-electron chi connectivity index (χ0n) is 13.4. The van der Waals surface area contributed by atoms with Gasteiger partial charge in [-0.1, -0.05) is 12.1 Å². The van der Waals surface area contributed by atoms with Gasteiger partial charge in [0.05, 0.1) is 20.3 Å². The second-order valence-corrected chi connectivity index (χ2v) is 4.88. The quantitative estimate of drug-likeness (QED) is 0.687. The highest BCUT2D eigenvalue weighted by molar-refractivity contribution is 5.83. The number of rotatable bonds is 9. The average molecular weight is 308 g/mol. The summed E-state index contributed by atoms with van der Waals surface area (Å²) in [4.78, 5) is 24.9. The predicted molar refractivity (Wildman–Crippen MR) is 83.8 cm³/mol. The molecule has 0 bridgehead atoms. The summed E-state index contributed by atoms with van der Waals surface area (Å²) < 4.78 is 9.97. The van der Waals surface area contributed by atoms with Crippen LogP contribution >= 0.6 is 0 Å². The molecule has 0 fully saturated rings. The smallest absolute Gasteiger partial charge is 0.239 e. The Morgan fingerprint density at radius 1 is 1.18 bits per heavy atom. The Hall–Kier alpha value is -2.08. The molecule has 0 aromatic heterocycles. The number of carbonyl (C=O) groups excluding carboxylic acids is 2. The third-order valence-corrected chi connectivity index (χ3v) is 3.24. The number of hydrogen-bond acceptors (Lipinski definition) is 4. The summed E-state index contributed by atoms with van der Waals surface area (Å²) in [5, 5.41) is 2.71. The number of benzene rings is 1. The van der Waals surface area contributed by atoms with Gasteiger partial charge in [-0.3, -0.25) is 9.59 Å². The lowest BCUT2D eigenvalue weighted by atomic mass is 10.1. The maximum absolute atomic E-state index is 11.8. The predicted octanol–water partition coefficient (Wildman–Crippen LogP) is 0.849. The Kier molecular flexibility index (Phi) is 7.99. The van der Waals surface area contributed by atoms with E-state index in [-0.39, 0.29) is 18.4 Å². The van der Waals surface area contributed by atoms with Crippen molar-refractivity contribution in [1.29, 1.82) is 0 Å². The number of amides is 2. The Balaban J connectivity index is 2.46. The van der Waals surface area contributed by atoms with Gasteiger partial charge in [0.2, 0.25) is 11.8 Å². The molecule has 2 amide bonds. The van der Waals surface area contributed by atoms with Crippen LogP contribution in [0.25, 0.3) is 0 Å². The topological polar surface area (TPSA) is 67.9 Å². The molecule has 0 atom stereocenters. The van der Waals surface area contributed by atoms with E-state index < -0.39 is 0 Å². The van der Waals surface area contributed by atoms with Gasteiger partial charge in [-0.15, -0.1) is 0 Å². The second kappa shape index (κ2) is 9.78. The lowest BCUT2D eigenvalue weighted by Gasteiger charge is -2.20. The molecule has 22 heavy (non-hydrogen) atoms. The van der Waals surface area contributed by atoms with E-state index in [0.29, 0.717) is 26.1 Å². The third-order valence-electron chi connectivity index (χ3n) is 3.24. The lowest BCUT2D eigenvalue weighted by molar-refractivity contribution is -0.134. The zero-order valence-corrected chi connectivity index (χ0v) is 13.4. The first-order valence-electron chi connectivity index (χ1n) is 7.21. The van der Waals surface area contributed by atoms with E-state index in [1.54, 1.807) is 14.2 Å². The summed E-state index contributed by atoms with van der Waals surface area (Å²) in [6.45, 7) is 2.93. The van der Waals surface area contributed by atoms with E-state index in [9.17, 15) is 9.59 Å². The van der Waals surface area contributed by atoms with Crippen LogP contribution in [0, 0.1) is 0 Å². The van der Waals surface area contributed by atoms with Gasteiger partial charge < -0.3 is 19.7 Å². The van der Waals surface area contributed by atoms with E-state index in [4.69, 9.17) is 9.47 Å². The van der Waals surface area contributed by atoms with Gasteiger partial charge in [-0.25, -0.2) is 0 Å². The van der Waals surface area contributed by atoms with Gasteiger partial charge in [0.1, 0.15) is 5.75 Å². The molecule has 0 aliphatic rings. The molecule has 0 spiro atoms. The Bertz CT molecular complexity index is 474. The van der Waals surface area contributed by atoms with Crippen LogP contribution in [0.15, 0.2) is 24.3 Å². The van der Waals surface area contributed by atoms with Crippen molar-refractivity contribution in [3.05, 3.63) is 29.8 Å². The van der Waals surface area contributed by atoms with E-state index in [0.717, 1.165) is 11.3 Å². The molecule has 0 aliphatic carbocycles. The number of carbonyl (C=O) groups is 2. The first-order chi connectivity index (χ1) is 10.6. The molecule has 0 saturated heterocycles. The normalized spacial score (nSPS) is 10.1. The van der Waals surface area contributed by atoms with Crippen molar-refractivity contribution in [1.82, 2.24) is 10.2 Å². The van der Waals surface area contributed by atoms with E-state index in [1.165, 1.54) is 11.8 Å². The van der Waals surface area contributed by atoms with Crippen molar-refractivity contribution in [2.45, 2.75) is 13.3 Å². The molecule has 0 saturated carbocycles. The highest BCUT2D eigenvalue weighted by Crippen LogP contribution is 2.12. The minimum Gasteiger partial charge on any atom is -0.497 e. The molecule has 1 aromatic rings. The number of nitrogens with zero attached hydrogens (tertiary/aromatic N) is 1. The monoisotopic (exact) mass is 308 g/mol. The molecule has 1 N–H and O–H groups in total. The Morgan fingerprint density at radius 3 is 2.41 bits per heavy atom. The largest absolute Gasteiger partial charge is 0.497 e. The number of methoxy groups -OCH3 is 2. The number of ether oxygens (including phenoxy) is 2. The van der Waals surface area contributed by atoms with Gasteiger partial charge >= 0.3 is 0 Å². The Labute approximate surface area is 131 Å². The maximum Gasteiger partial charge on any atom is 0.239 e. The van der Waals surface area contributed by atoms with Crippen LogP contribution in [0.4, 0.5) is 0 Å². The summed E-state index contributed by atoms with van der Waals surface area (Å²) in [6, 6.07) is 7.67.